The Morgan fingerprint density at radius 3 is 2.46 bits per heavy atom. The van der Waals surface area contributed by atoms with Gasteiger partial charge in [-0.15, -0.1) is 0 Å². The van der Waals surface area contributed by atoms with Crippen molar-refractivity contribution in [1.29, 1.82) is 0 Å². The normalized spacial score (nSPS) is 10.8. The van der Waals surface area contributed by atoms with Gasteiger partial charge in [0.15, 0.2) is 6.73 Å². The second-order valence-electron chi connectivity index (χ2n) is 7.80. The third-order valence-corrected chi connectivity index (χ3v) is 5.57. The predicted octanol–water partition coefficient (Wildman–Crippen LogP) is 5.36. The number of hydrogen-bond donors (Lipinski definition) is 1. The molecule has 0 aliphatic rings. The molecule has 1 amide bonds. The summed E-state index contributed by atoms with van der Waals surface area (Å²) in [6.45, 7) is 0.470. The lowest BCUT2D eigenvalue weighted by atomic mass is 10.1. The number of nitrogens with one attached hydrogen (secondary N) is 1. The molecular weight excluding hydrogens is 462 g/mol. The van der Waals surface area contributed by atoms with E-state index in [0.29, 0.717) is 23.0 Å². The number of benzene rings is 3. The van der Waals surface area contributed by atoms with Crippen LogP contribution >= 0.6 is 11.6 Å². The highest BCUT2D eigenvalue weighted by Gasteiger charge is 2.15. The van der Waals surface area contributed by atoms with Crippen LogP contribution in [0.4, 0.5) is 0 Å². The van der Waals surface area contributed by atoms with Crippen LogP contribution < -0.4 is 10.1 Å². The number of carbonyl (C=O) groups is 1. The third-order valence-electron chi connectivity index (χ3n) is 5.33. The van der Waals surface area contributed by atoms with Gasteiger partial charge in [-0.3, -0.25) is 4.79 Å². The van der Waals surface area contributed by atoms with E-state index in [1.54, 1.807) is 29.1 Å². The Labute approximate surface area is 207 Å². The van der Waals surface area contributed by atoms with Crippen LogP contribution in [0.1, 0.15) is 16.1 Å². The van der Waals surface area contributed by atoms with E-state index in [0.717, 1.165) is 22.5 Å². The van der Waals surface area contributed by atoms with Gasteiger partial charge in [0.1, 0.15) is 11.4 Å². The van der Waals surface area contributed by atoms with Gasteiger partial charge in [0, 0.05) is 35.1 Å². The van der Waals surface area contributed by atoms with Crippen molar-refractivity contribution in [3.05, 3.63) is 120 Å². The summed E-state index contributed by atoms with van der Waals surface area (Å²) in [6.07, 6.45) is 3.64. The fourth-order valence-electron chi connectivity index (χ4n) is 3.61. The smallest absolute Gasteiger partial charge is 0.272 e. The number of nitrogens with zero attached hydrogens (tertiary/aromatic N) is 4. The molecule has 0 saturated heterocycles. The average Bonchev–Trinajstić information content (AvgIpc) is 3.55. The Morgan fingerprint density at radius 1 is 0.914 bits per heavy atom. The molecule has 0 aliphatic carbocycles. The Kier molecular flexibility index (Phi) is 6.59. The van der Waals surface area contributed by atoms with E-state index in [9.17, 15) is 4.79 Å². The molecule has 0 fully saturated rings. The lowest BCUT2D eigenvalue weighted by Crippen LogP contribution is -2.23. The molecule has 0 spiro atoms. The van der Waals surface area contributed by atoms with Crippen LogP contribution in [0.25, 0.3) is 16.9 Å². The van der Waals surface area contributed by atoms with Crippen molar-refractivity contribution in [2.45, 2.75) is 13.3 Å². The Hall–Kier alpha value is -4.36. The molecule has 7 nitrogen and oxygen atoms in total. The Balaban J connectivity index is 1.28. The first-order valence-corrected chi connectivity index (χ1v) is 11.4. The van der Waals surface area contributed by atoms with E-state index in [-0.39, 0.29) is 12.6 Å². The molecule has 0 unspecified atom stereocenters. The minimum atomic E-state index is -0.280. The number of halogens is 1. The molecule has 0 bridgehead atoms. The van der Waals surface area contributed by atoms with Crippen molar-refractivity contribution in [3.8, 4) is 22.7 Å². The average molecular weight is 484 g/mol. The van der Waals surface area contributed by atoms with Gasteiger partial charge in [-0.25, -0.2) is 9.36 Å². The lowest BCUT2D eigenvalue weighted by molar-refractivity contribution is 0.0944. The van der Waals surface area contributed by atoms with E-state index >= 15 is 0 Å². The molecule has 0 saturated carbocycles. The van der Waals surface area contributed by atoms with Crippen LogP contribution in [0.2, 0.25) is 5.02 Å². The SMILES string of the molecule is O=C(NCc1cn(-c2ccccc2)nc1-c1ccccc1)c1ccn(COc2cccc(Cl)c2)n1. The maximum absolute atomic E-state index is 12.8. The van der Waals surface area contributed by atoms with Gasteiger partial charge < -0.3 is 10.1 Å². The lowest BCUT2D eigenvalue weighted by Gasteiger charge is -2.06. The van der Waals surface area contributed by atoms with Crippen LogP contribution in [0, 0.1) is 0 Å². The van der Waals surface area contributed by atoms with Gasteiger partial charge in [-0.2, -0.15) is 10.2 Å². The molecular formula is C27H22ClN5O2. The summed E-state index contributed by atoms with van der Waals surface area (Å²) in [5.74, 6) is 0.348. The van der Waals surface area contributed by atoms with Crippen molar-refractivity contribution >= 4 is 17.5 Å². The quantitative estimate of drug-likeness (QED) is 0.322. The number of hydrogen-bond acceptors (Lipinski definition) is 4. The summed E-state index contributed by atoms with van der Waals surface area (Å²) >= 11 is 5.98. The third kappa shape index (κ3) is 5.42. The van der Waals surface area contributed by atoms with Crippen molar-refractivity contribution < 1.29 is 9.53 Å². The van der Waals surface area contributed by atoms with Crippen LogP contribution in [0.3, 0.4) is 0 Å². The van der Waals surface area contributed by atoms with Gasteiger partial charge in [0.25, 0.3) is 5.91 Å². The zero-order valence-electron chi connectivity index (χ0n) is 18.7. The molecule has 1 N–H and O–H groups in total. The van der Waals surface area contributed by atoms with Crippen LogP contribution in [0.5, 0.6) is 5.75 Å². The van der Waals surface area contributed by atoms with Gasteiger partial charge in [-0.05, 0) is 36.4 Å². The number of aromatic nitrogens is 4. The predicted molar refractivity (Wildman–Crippen MR) is 134 cm³/mol. The highest BCUT2D eigenvalue weighted by Crippen LogP contribution is 2.23. The van der Waals surface area contributed by atoms with Gasteiger partial charge in [0.05, 0.1) is 11.4 Å². The molecule has 0 radical (unpaired) electrons. The molecule has 174 valence electrons. The van der Waals surface area contributed by atoms with E-state index in [1.807, 2.05) is 83.7 Å². The topological polar surface area (TPSA) is 74.0 Å². The molecule has 8 heteroatoms. The summed E-state index contributed by atoms with van der Waals surface area (Å²) < 4.78 is 9.06. The van der Waals surface area contributed by atoms with E-state index in [4.69, 9.17) is 21.4 Å². The number of amides is 1. The fourth-order valence-corrected chi connectivity index (χ4v) is 3.79. The summed E-state index contributed by atoms with van der Waals surface area (Å²) in [7, 11) is 0. The van der Waals surface area contributed by atoms with E-state index < -0.39 is 0 Å². The molecule has 2 heterocycles. The zero-order valence-corrected chi connectivity index (χ0v) is 19.5. The first-order valence-electron chi connectivity index (χ1n) is 11.0. The number of ether oxygens (including phenoxy) is 1. The summed E-state index contributed by atoms with van der Waals surface area (Å²) in [5.41, 5.74) is 3.94. The highest BCUT2D eigenvalue weighted by atomic mass is 35.5. The number of carbonyl (C=O) groups excluding carboxylic acids is 1. The van der Waals surface area contributed by atoms with Gasteiger partial charge >= 0.3 is 0 Å². The van der Waals surface area contributed by atoms with Crippen molar-refractivity contribution in [1.82, 2.24) is 24.9 Å². The Bertz CT molecular complexity index is 1430. The maximum atomic E-state index is 12.8. The standard InChI is InChI=1S/C27H22ClN5O2/c28-22-10-7-13-24(16-22)35-19-32-15-14-25(30-32)27(34)29-17-21-18-33(23-11-5-2-6-12-23)31-26(21)20-8-3-1-4-9-20/h1-16,18H,17,19H2,(H,29,34). The Morgan fingerprint density at radius 2 is 1.69 bits per heavy atom. The van der Waals surface area contributed by atoms with Crippen molar-refractivity contribution in [2.75, 3.05) is 0 Å². The summed E-state index contributed by atoms with van der Waals surface area (Å²) in [5, 5.41) is 12.7. The molecule has 5 aromatic rings. The van der Waals surface area contributed by atoms with E-state index in [1.165, 1.54) is 0 Å². The fraction of sp³-hybridized carbons (Fsp3) is 0.0741. The van der Waals surface area contributed by atoms with Crippen LogP contribution in [0.15, 0.2) is 103 Å². The first kappa shape index (κ1) is 22.4. The number of rotatable bonds is 8. The molecule has 0 aliphatic heterocycles. The molecule has 3 aromatic carbocycles. The summed E-state index contributed by atoms with van der Waals surface area (Å²) in [4.78, 5) is 12.8. The second kappa shape index (κ2) is 10.3. The van der Waals surface area contributed by atoms with Crippen molar-refractivity contribution in [2.24, 2.45) is 0 Å². The van der Waals surface area contributed by atoms with E-state index in [2.05, 4.69) is 10.4 Å². The minimum Gasteiger partial charge on any atom is -0.471 e. The molecule has 2 aromatic heterocycles. The van der Waals surface area contributed by atoms with Gasteiger partial charge in [-0.1, -0.05) is 66.2 Å². The van der Waals surface area contributed by atoms with Crippen molar-refractivity contribution in [3.63, 3.8) is 0 Å². The second-order valence-corrected chi connectivity index (χ2v) is 8.24. The molecule has 35 heavy (non-hydrogen) atoms. The largest absolute Gasteiger partial charge is 0.471 e. The number of para-hydroxylation sites is 1. The molecule has 0 atom stereocenters. The maximum Gasteiger partial charge on any atom is 0.272 e. The van der Waals surface area contributed by atoms with Crippen LogP contribution in [-0.2, 0) is 13.3 Å². The first-order chi connectivity index (χ1) is 17.2. The molecule has 5 rings (SSSR count). The highest BCUT2D eigenvalue weighted by molar-refractivity contribution is 6.30. The van der Waals surface area contributed by atoms with Gasteiger partial charge in [0.2, 0.25) is 0 Å². The van der Waals surface area contributed by atoms with Crippen LogP contribution in [-0.4, -0.2) is 25.5 Å². The monoisotopic (exact) mass is 483 g/mol. The minimum absolute atomic E-state index is 0.162. The summed E-state index contributed by atoms with van der Waals surface area (Å²) in [6, 6.07) is 28.6. The zero-order chi connectivity index (χ0) is 24.0.